The molecule has 0 bridgehead atoms. The topological polar surface area (TPSA) is 3.24 Å². The second kappa shape index (κ2) is 13.0. The van der Waals surface area contributed by atoms with Crippen molar-refractivity contribution in [2.45, 2.75) is 0 Å². The smallest absolute Gasteiger partial charge is 0.0468 e. The van der Waals surface area contributed by atoms with E-state index in [1.54, 1.807) is 0 Å². The Morgan fingerprint density at radius 2 is 0.679 bits per heavy atom. The van der Waals surface area contributed by atoms with E-state index in [0.717, 1.165) is 17.1 Å². The highest BCUT2D eigenvalue weighted by molar-refractivity contribution is 6.22. The number of fused-ring (bicyclic) bond motifs is 5. The van der Waals surface area contributed by atoms with Gasteiger partial charge >= 0.3 is 0 Å². The summed E-state index contributed by atoms with van der Waals surface area (Å²) in [6.45, 7) is 0. The van der Waals surface area contributed by atoms with Gasteiger partial charge in [0.05, 0.1) is 0 Å². The van der Waals surface area contributed by atoms with Crippen LogP contribution in [0.25, 0.3) is 76.5 Å². The Kier molecular flexibility index (Phi) is 7.55. The van der Waals surface area contributed by atoms with Gasteiger partial charge in [0.1, 0.15) is 0 Å². The average Bonchev–Trinajstić information content (AvgIpc) is 3.24. The standard InChI is InChI=1S/C52H35N/c1-3-15-39(16-4-1)51-49-22-12-11-21-47(49)48-32-31-46(35-50(48)52(51)40-17-5-2-6-18-40)53(45-30-27-37-14-8-10-20-42(37)34-45)44-28-25-38(26-29-44)43-24-23-36-13-7-9-19-41(36)33-43/h1-35H. The van der Waals surface area contributed by atoms with Crippen molar-refractivity contribution in [3.8, 4) is 33.4 Å². The third kappa shape index (κ3) is 5.51. The van der Waals surface area contributed by atoms with Gasteiger partial charge in [-0.3, -0.25) is 0 Å². The lowest BCUT2D eigenvalue weighted by atomic mass is 9.85. The Hall–Kier alpha value is -6.96. The van der Waals surface area contributed by atoms with Crippen LogP contribution in [-0.4, -0.2) is 0 Å². The van der Waals surface area contributed by atoms with Crippen LogP contribution in [-0.2, 0) is 0 Å². The fraction of sp³-hybridized carbons (Fsp3) is 0. The molecule has 248 valence electrons. The maximum absolute atomic E-state index is 2.41. The van der Waals surface area contributed by atoms with Gasteiger partial charge in [-0.15, -0.1) is 0 Å². The van der Waals surface area contributed by atoms with Crippen molar-refractivity contribution in [2.24, 2.45) is 0 Å². The molecule has 0 saturated carbocycles. The molecule has 0 aromatic heterocycles. The predicted molar refractivity (Wildman–Crippen MR) is 227 cm³/mol. The first-order valence-corrected chi connectivity index (χ1v) is 18.3. The van der Waals surface area contributed by atoms with E-state index in [9.17, 15) is 0 Å². The quantitative estimate of drug-likeness (QED) is 0.159. The van der Waals surface area contributed by atoms with Crippen LogP contribution < -0.4 is 4.90 Å². The van der Waals surface area contributed by atoms with E-state index >= 15 is 0 Å². The molecule has 10 aromatic carbocycles. The van der Waals surface area contributed by atoms with Crippen molar-refractivity contribution < 1.29 is 0 Å². The minimum absolute atomic E-state index is 1.11. The van der Waals surface area contributed by atoms with Gasteiger partial charge in [-0.1, -0.05) is 170 Å². The Balaban J connectivity index is 1.21. The second-order valence-electron chi connectivity index (χ2n) is 13.7. The lowest BCUT2D eigenvalue weighted by Crippen LogP contribution is -2.10. The van der Waals surface area contributed by atoms with Gasteiger partial charge in [0.15, 0.2) is 0 Å². The summed E-state index contributed by atoms with van der Waals surface area (Å²) in [5.74, 6) is 0. The van der Waals surface area contributed by atoms with Crippen LogP contribution in [0.3, 0.4) is 0 Å². The summed E-state index contributed by atoms with van der Waals surface area (Å²) in [7, 11) is 0. The van der Waals surface area contributed by atoms with Crippen molar-refractivity contribution in [2.75, 3.05) is 4.90 Å². The molecular weight excluding hydrogens is 639 g/mol. The summed E-state index contributed by atoms with van der Waals surface area (Å²) in [4.78, 5) is 2.40. The molecule has 0 fully saturated rings. The van der Waals surface area contributed by atoms with Crippen molar-refractivity contribution in [1.82, 2.24) is 0 Å². The Morgan fingerprint density at radius 1 is 0.226 bits per heavy atom. The third-order valence-electron chi connectivity index (χ3n) is 10.6. The molecule has 53 heavy (non-hydrogen) atoms. The molecule has 0 saturated heterocycles. The first-order valence-electron chi connectivity index (χ1n) is 18.3. The molecule has 0 spiro atoms. The molecule has 0 atom stereocenters. The highest BCUT2D eigenvalue weighted by atomic mass is 15.1. The van der Waals surface area contributed by atoms with Crippen molar-refractivity contribution in [3.05, 3.63) is 212 Å². The normalized spacial score (nSPS) is 11.4. The molecular formula is C52H35N. The highest BCUT2D eigenvalue weighted by Crippen LogP contribution is 2.47. The second-order valence-corrected chi connectivity index (χ2v) is 13.7. The molecule has 0 aliphatic rings. The van der Waals surface area contributed by atoms with E-state index in [2.05, 4.69) is 217 Å². The monoisotopic (exact) mass is 673 g/mol. The van der Waals surface area contributed by atoms with Crippen LogP contribution in [0.2, 0.25) is 0 Å². The first-order chi connectivity index (χ1) is 26.3. The summed E-state index contributed by atoms with van der Waals surface area (Å²) < 4.78 is 0. The molecule has 0 aliphatic carbocycles. The Labute approximate surface area is 309 Å². The minimum atomic E-state index is 1.11. The molecule has 10 aromatic rings. The fourth-order valence-corrected chi connectivity index (χ4v) is 8.06. The zero-order chi connectivity index (χ0) is 35.1. The summed E-state index contributed by atoms with van der Waals surface area (Å²) in [5.41, 5.74) is 10.7. The third-order valence-corrected chi connectivity index (χ3v) is 10.6. The lowest BCUT2D eigenvalue weighted by molar-refractivity contribution is 1.29. The minimum Gasteiger partial charge on any atom is -0.310 e. The predicted octanol–water partition coefficient (Wildman–Crippen LogP) is 14.8. The molecule has 1 heteroatoms. The van der Waals surface area contributed by atoms with E-state index in [1.807, 2.05) is 0 Å². The van der Waals surface area contributed by atoms with Gasteiger partial charge in [0, 0.05) is 17.1 Å². The van der Waals surface area contributed by atoms with Crippen LogP contribution >= 0.6 is 0 Å². The summed E-state index contributed by atoms with van der Waals surface area (Å²) in [5, 5.41) is 9.93. The number of hydrogen-bond acceptors (Lipinski definition) is 1. The fourth-order valence-electron chi connectivity index (χ4n) is 8.06. The molecule has 1 nitrogen and oxygen atoms in total. The number of rotatable bonds is 6. The SMILES string of the molecule is c1ccc(-c2c(-c3ccccc3)c3cc(N(c4ccc(-c5ccc6ccccc6c5)cc4)c4ccc5ccccc5c4)ccc3c3ccccc23)cc1. The van der Waals surface area contributed by atoms with Crippen LogP contribution in [0.1, 0.15) is 0 Å². The molecule has 0 heterocycles. The van der Waals surface area contributed by atoms with Crippen LogP contribution in [0.15, 0.2) is 212 Å². The van der Waals surface area contributed by atoms with Crippen LogP contribution in [0.5, 0.6) is 0 Å². The van der Waals surface area contributed by atoms with Gasteiger partial charge < -0.3 is 4.90 Å². The summed E-state index contributed by atoms with van der Waals surface area (Å²) >= 11 is 0. The molecule has 0 N–H and O–H groups in total. The Bertz CT molecular complexity index is 2930. The number of hydrogen-bond donors (Lipinski definition) is 0. The highest BCUT2D eigenvalue weighted by Gasteiger charge is 2.20. The maximum atomic E-state index is 2.41. The number of benzene rings is 10. The van der Waals surface area contributed by atoms with Gasteiger partial charge in [-0.2, -0.15) is 0 Å². The molecule has 0 amide bonds. The number of anilines is 3. The Morgan fingerprint density at radius 3 is 1.36 bits per heavy atom. The van der Waals surface area contributed by atoms with Crippen LogP contribution in [0, 0.1) is 0 Å². The van der Waals surface area contributed by atoms with E-state index in [4.69, 9.17) is 0 Å². The van der Waals surface area contributed by atoms with Gasteiger partial charge in [0.25, 0.3) is 0 Å². The summed E-state index contributed by atoms with van der Waals surface area (Å²) in [6.07, 6.45) is 0. The zero-order valence-electron chi connectivity index (χ0n) is 29.2. The van der Waals surface area contributed by atoms with Crippen molar-refractivity contribution in [3.63, 3.8) is 0 Å². The van der Waals surface area contributed by atoms with E-state index in [0.29, 0.717) is 0 Å². The molecule has 0 radical (unpaired) electrons. The average molecular weight is 674 g/mol. The van der Waals surface area contributed by atoms with E-state index in [-0.39, 0.29) is 0 Å². The van der Waals surface area contributed by atoms with Gasteiger partial charge in [0.2, 0.25) is 0 Å². The van der Waals surface area contributed by atoms with Crippen molar-refractivity contribution >= 4 is 60.2 Å². The van der Waals surface area contributed by atoms with Crippen molar-refractivity contribution in [1.29, 1.82) is 0 Å². The first kappa shape index (κ1) is 30.8. The van der Waals surface area contributed by atoms with E-state index in [1.165, 1.54) is 76.5 Å². The molecule has 0 aliphatic heterocycles. The molecule has 10 rings (SSSR count). The number of nitrogens with zero attached hydrogens (tertiary/aromatic N) is 1. The van der Waals surface area contributed by atoms with Gasteiger partial charge in [-0.05, 0) is 119 Å². The van der Waals surface area contributed by atoms with Gasteiger partial charge in [-0.25, -0.2) is 0 Å². The van der Waals surface area contributed by atoms with E-state index < -0.39 is 0 Å². The maximum Gasteiger partial charge on any atom is 0.0468 e. The largest absolute Gasteiger partial charge is 0.310 e. The zero-order valence-corrected chi connectivity index (χ0v) is 29.2. The lowest BCUT2D eigenvalue weighted by Gasteiger charge is -2.27. The summed E-state index contributed by atoms with van der Waals surface area (Å²) in [6, 6.07) is 77.3. The molecule has 0 unspecified atom stereocenters. The van der Waals surface area contributed by atoms with Crippen LogP contribution in [0.4, 0.5) is 17.1 Å².